The third-order valence-electron chi connectivity index (χ3n) is 1.95. The average Bonchev–Trinajstić information content (AvgIpc) is 2.68. The molecular weight excluding hydrogens is 337 g/mol. The van der Waals surface area contributed by atoms with E-state index in [9.17, 15) is 4.57 Å². The van der Waals surface area contributed by atoms with Crippen LogP contribution in [0.5, 0.6) is 0 Å². The van der Waals surface area contributed by atoms with Crippen molar-refractivity contribution in [2.24, 2.45) is 0 Å². The number of anilines is 1. The van der Waals surface area contributed by atoms with E-state index in [4.69, 9.17) is 51.0 Å². The standard InChI is InChI=1S/C6HCl4N2O4P/c7-2-1-3(8)5(10)6(4(2)9)11-12-15-17(13,14-11)16-12/h1H. The molecule has 0 spiro atoms. The number of hydrogen-bond acceptors (Lipinski definition) is 6. The van der Waals surface area contributed by atoms with E-state index in [0.717, 1.165) is 10.5 Å². The summed E-state index contributed by atoms with van der Waals surface area (Å²) in [4.78, 5) is 0. The molecule has 3 aliphatic rings. The van der Waals surface area contributed by atoms with Crippen molar-refractivity contribution in [3.8, 4) is 0 Å². The lowest BCUT2D eigenvalue weighted by Gasteiger charge is -2.23. The van der Waals surface area contributed by atoms with E-state index in [1.54, 1.807) is 0 Å². The molecule has 4 rings (SSSR count). The van der Waals surface area contributed by atoms with E-state index >= 15 is 0 Å². The predicted octanol–water partition coefficient (Wildman–Crippen LogP) is 4.25. The quantitative estimate of drug-likeness (QED) is 0.564. The van der Waals surface area contributed by atoms with Crippen LogP contribution in [0.25, 0.3) is 0 Å². The summed E-state index contributed by atoms with van der Waals surface area (Å²) in [7, 11) is -3.54. The highest BCUT2D eigenvalue weighted by molar-refractivity contribution is 7.49. The number of halogens is 4. The number of fused-ring (bicyclic) bond motifs is 1. The van der Waals surface area contributed by atoms with Gasteiger partial charge in [-0.15, -0.1) is 19.0 Å². The van der Waals surface area contributed by atoms with Gasteiger partial charge in [0.2, 0.25) is 0 Å². The summed E-state index contributed by atoms with van der Waals surface area (Å²) in [5.74, 6) is 0. The molecule has 0 amide bonds. The highest BCUT2D eigenvalue weighted by Crippen LogP contribution is 2.68. The molecule has 11 heteroatoms. The minimum atomic E-state index is -3.54. The molecular formula is C6HCl4N2O4P. The fraction of sp³-hybridized carbons (Fsp3) is 0. The molecule has 6 nitrogen and oxygen atoms in total. The zero-order valence-electron chi connectivity index (χ0n) is 7.56. The largest absolute Gasteiger partial charge is 0.538 e. The molecule has 0 aromatic heterocycles. The van der Waals surface area contributed by atoms with Gasteiger partial charge in [-0.05, 0) is 6.07 Å². The molecule has 3 saturated heterocycles. The lowest BCUT2D eigenvalue weighted by atomic mass is 10.3. The number of hydrazine groups is 1. The van der Waals surface area contributed by atoms with Gasteiger partial charge in [0.25, 0.3) is 0 Å². The van der Waals surface area contributed by atoms with Crippen molar-refractivity contribution in [1.82, 2.24) is 5.34 Å². The van der Waals surface area contributed by atoms with Crippen LogP contribution in [0.3, 0.4) is 0 Å². The van der Waals surface area contributed by atoms with Crippen LogP contribution in [0.15, 0.2) is 6.07 Å². The molecule has 92 valence electrons. The van der Waals surface area contributed by atoms with Gasteiger partial charge < -0.3 is 0 Å². The summed E-state index contributed by atoms with van der Waals surface area (Å²) in [6.45, 7) is 0. The molecule has 3 aliphatic heterocycles. The molecule has 0 radical (unpaired) electrons. The zero-order chi connectivity index (χ0) is 12.4. The first-order valence-corrected chi connectivity index (χ1v) is 7.01. The Labute approximate surface area is 115 Å². The smallest absolute Gasteiger partial charge is 0.222 e. The van der Waals surface area contributed by atoms with Gasteiger partial charge in [-0.1, -0.05) is 46.4 Å². The number of phosphoric acid groups is 1. The van der Waals surface area contributed by atoms with E-state index in [1.165, 1.54) is 6.07 Å². The summed E-state index contributed by atoms with van der Waals surface area (Å²) in [6.07, 6.45) is 0. The van der Waals surface area contributed by atoms with Crippen molar-refractivity contribution in [3.63, 3.8) is 0 Å². The third kappa shape index (κ3) is 1.76. The first-order chi connectivity index (χ1) is 7.91. The van der Waals surface area contributed by atoms with Gasteiger partial charge in [0, 0.05) is 0 Å². The molecule has 2 bridgehead atoms. The summed E-state index contributed by atoms with van der Waals surface area (Å²) < 4.78 is 25.5. The topological polar surface area (TPSA) is 51.2 Å². The molecule has 3 fully saturated rings. The summed E-state index contributed by atoms with van der Waals surface area (Å²) in [6, 6.07) is 1.37. The normalized spacial score (nSPS) is 30.6. The lowest BCUT2D eigenvalue weighted by molar-refractivity contribution is -0.318. The second kappa shape index (κ2) is 3.87. The number of hydrogen-bond donors (Lipinski definition) is 0. The van der Waals surface area contributed by atoms with Gasteiger partial charge in [-0.2, -0.15) is 0 Å². The van der Waals surface area contributed by atoms with Crippen molar-refractivity contribution in [2.45, 2.75) is 0 Å². The highest BCUT2D eigenvalue weighted by atomic mass is 35.5. The van der Waals surface area contributed by atoms with E-state index in [0.29, 0.717) is 0 Å². The van der Waals surface area contributed by atoms with Crippen molar-refractivity contribution in [3.05, 3.63) is 26.2 Å². The highest BCUT2D eigenvalue weighted by Gasteiger charge is 2.61. The second-order valence-electron chi connectivity index (χ2n) is 3.02. The van der Waals surface area contributed by atoms with Gasteiger partial charge in [0.1, 0.15) is 5.69 Å². The second-order valence-corrected chi connectivity index (χ2v) is 5.97. The number of rotatable bonds is 1. The minimum Gasteiger partial charge on any atom is -0.222 e. The zero-order valence-corrected chi connectivity index (χ0v) is 11.5. The lowest BCUT2D eigenvalue weighted by Crippen LogP contribution is -2.34. The molecule has 3 heterocycles. The van der Waals surface area contributed by atoms with Crippen molar-refractivity contribution < 1.29 is 18.4 Å². The molecule has 0 unspecified atom stereocenters. The van der Waals surface area contributed by atoms with Crippen LogP contribution in [-0.4, -0.2) is 5.34 Å². The Morgan fingerprint density at radius 3 is 1.94 bits per heavy atom. The Kier molecular flexibility index (Phi) is 2.80. The van der Waals surface area contributed by atoms with Crippen LogP contribution in [0, 0.1) is 0 Å². The molecule has 0 atom stereocenters. The van der Waals surface area contributed by atoms with E-state index in [-0.39, 0.29) is 25.8 Å². The van der Waals surface area contributed by atoms with Gasteiger partial charge in [0.15, 0.2) is 0 Å². The van der Waals surface area contributed by atoms with Crippen LogP contribution in [0.4, 0.5) is 5.69 Å². The Balaban J connectivity index is 2.12. The Morgan fingerprint density at radius 2 is 1.53 bits per heavy atom. The van der Waals surface area contributed by atoms with Crippen molar-refractivity contribution >= 4 is 59.9 Å². The first kappa shape index (κ1) is 12.3. The van der Waals surface area contributed by atoms with Crippen LogP contribution in [0.2, 0.25) is 20.1 Å². The van der Waals surface area contributed by atoms with E-state index < -0.39 is 7.82 Å². The molecule has 0 saturated carbocycles. The molecule has 17 heavy (non-hydrogen) atoms. The van der Waals surface area contributed by atoms with Gasteiger partial charge in [0.05, 0.1) is 25.4 Å². The molecule has 1 aromatic carbocycles. The summed E-state index contributed by atoms with van der Waals surface area (Å²) in [5, 5.41) is 2.04. The number of nitrogens with zero attached hydrogens (tertiary/aromatic N) is 2. The van der Waals surface area contributed by atoms with Crippen LogP contribution >= 0.6 is 54.2 Å². The Morgan fingerprint density at radius 1 is 1.00 bits per heavy atom. The maximum Gasteiger partial charge on any atom is 0.538 e. The molecule has 0 N–H and O–H groups in total. The van der Waals surface area contributed by atoms with Gasteiger partial charge >= 0.3 is 7.82 Å². The average molecular weight is 338 g/mol. The van der Waals surface area contributed by atoms with Crippen molar-refractivity contribution in [2.75, 3.05) is 5.17 Å². The fourth-order valence-corrected chi connectivity index (χ4v) is 3.07. The van der Waals surface area contributed by atoms with Crippen LogP contribution in [0.1, 0.15) is 0 Å². The van der Waals surface area contributed by atoms with Crippen LogP contribution in [-0.2, 0) is 18.4 Å². The summed E-state index contributed by atoms with van der Waals surface area (Å²) >= 11 is 23.6. The molecule has 0 aliphatic carbocycles. The minimum absolute atomic E-state index is 0.0635. The Bertz CT molecular complexity index is 533. The number of benzene rings is 1. The van der Waals surface area contributed by atoms with E-state index in [2.05, 4.69) is 9.25 Å². The van der Waals surface area contributed by atoms with Gasteiger partial charge in [-0.3, -0.25) is 0 Å². The predicted molar refractivity (Wildman–Crippen MR) is 61.7 cm³/mol. The van der Waals surface area contributed by atoms with Gasteiger partial charge in [-0.25, -0.2) is 4.57 Å². The Hall–Kier alpha value is 0.250. The monoisotopic (exact) mass is 336 g/mol. The third-order valence-corrected chi connectivity index (χ3v) is 4.53. The summed E-state index contributed by atoms with van der Waals surface area (Å²) in [5.41, 5.74) is 0.0843. The van der Waals surface area contributed by atoms with Crippen molar-refractivity contribution in [1.29, 1.82) is 0 Å². The van der Waals surface area contributed by atoms with E-state index in [1.807, 2.05) is 0 Å². The maximum atomic E-state index is 11.4. The maximum absolute atomic E-state index is 11.4. The molecule has 1 aromatic rings. The fourth-order valence-electron chi connectivity index (χ4n) is 1.25. The first-order valence-electron chi connectivity index (χ1n) is 4.03. The van der Waals surface area contributed by atoms with Crippen LogP contribution < -0.4 is 5.17 Å². The SMILES string of the molecule is O=P12ON(O1)N(c1c(Cl)c(Cl)cc(Cl)c1Cl)O2.